The first-order valence-corrected chi connectivity index (χ1v) is 15.1. The second-order valence-electron chi connectivity index (χ2n) is 11.5. The van der Waals surface area contributed by atoms with Crippen LogP contribution in [-0.2, 0) is 4.79 Å². The second kappa shape index (κ2) is 12.3. The number of para-hydroxylation sites is 1. The zero-order valence-corrected chi connectivity index (χ0v) is 24.2. The van der Waals surface area contributed by atoms with E-state index >= 15 is 0 Å². The number of nitrogens with one attached hydrogen (secondary N) is 2. The molecule has 0 radical (unpaired) electrons. The molecule has 3 aromatic rings. The number of carbonyl (C=O) groups excluding carboxylic acids is 3. The molecule has 1 saturated carbocycles. The highest BCUT2D eigenvalue weighted by molar-refractivity contribution is 6.06. The monoisotopic (exact) mass is 569 g/mol. The molecule has 3 amide bonds. The van der Waals surface area contributed by atoms with E-state index in [2.05, 4.69) is 57.7 Å². The lowest BCUT2D eigenvalue weighted by atomic mass is 9.99. The fraction of sp³-hybridized carbons (Fsp3) is 0.424. The molecule has 3 heterocycles. The van der Waals surface area contributed by atoms with Crippen molar-refractivity contribution in [1.82, 2.24) is 10.2 Å². The Morgan fingerprint density at radius 1 is 0.929 bits per heavy atom. The zero-order valence-electron chi connectivity index (χ0n) is 24.2. The molecular formula is C33H39N5O4. The van der Waals surface area contributed by atoms with E-state index < -0.39 is 0 Å². The van der Waals surface area contributed by atoms with Crippen LogP contribution in [0.5, 0.6) is 0 Å². The van der Waals surface area contributed by atoms with Gasteiger partial charge in [0.15, 0.2) is 5.76 Å². The lowest BCUT2D eigenvalue weighted by Crippen LogP contribution is -2.47. The Balaban J connectivity index is 1.22. The van der Waals surface area contributed by atoms with Crippen LogP contribution in [0, 0.1) is 6.92 Å². The summed E-state index contributed by atoms with van der Waals surface area (Å²) in [6, 6.07) is 15.7. The van der Waals surface area contributed by atoms with Crippen molar-refractivity contribution in [3.63, 3.8) is 0 Å². The molecule has 2 aliphatic heterocycles. The van der Waals surface area contributed by atoms with Gasteiger partial charge in [0.25, 0.3) is 11.8 Å². The second-order valence-corrected chi connectivity index (χ2v) is 11.5. The Hall–Kier alpha value is -4.27. The van der Waals surface area contributed by atoms with Gasteiger partial charge < -0.3 is 29.8 Å². The summed E-state index contributed by atoms with van der Waals surface area (Å²) in [4.78, 5) is 45.1. The molecule has 9 nitrogen and oxygen atoms in total. The Bertz CT molecular complexity index is 1440. The third-order valence-corrected chi connectivity index (χ3v) is 8.56. The molecule has 3 fully saturated rings. The van der Waals surface area contributed by atoms with E-state index in [1.807, 2.05) is 11.0 Å². The summed E-state index contributed by atoms with van der Waals surface area (Å²) in [5.41, 5.74) is 5.70. The molecule has 0 bridgehead atoms. The Morgan fingerprint density at radius 3 is 2.36 bits per heavy atom. The minimum absolute atomic E-state index is 0.144. The van der Waals surface area contributed by atoms with Gasteiger partial charge in [-0.25, -0.2) is 0 Å². The minimum Gasteiger partial charge on any atom is -0.459 e. The predicted octanol–water partition coefficient (Wildman–Crippen LogP) is 4.79. The van der Waals surface area contributed by atoms with Gasteiger partial charge in [-0.05, 0) is 80.0 Å². The Labute approximate surface area is 246 Å². The summed E-state index contributed by atoms with van der Waals surface area (Å²) >= 11 is 0. The summed E-state index contributed by atoms with van der Waals surface area (Å²) in [5.74, 6) is 0.271. The first-order valence-electron chi connectivity index (χ1n) is 15.1. The van der Waals surface area contributed by atoms with Crippen LogP contribution in [0.3, 0.4) is 0 Å². The molecule has 2 saturated heterocycles. The topological polar surface area (TPSA) is 98.1 Å². The van der Waals surface area contributed by atoms with Crippen LogP contribution in [-0.4, -0.2) is 68.4 Å². The van der Waals surface area contributed by atoms with Gasteiger partial charge in [-0.3, -0.25) is 14.4 Å². The van der Waals surface area contributed by atoms with Crippen LogP contribution in [0.2, 0.25) is 0 Å². The zero-order chi connectivity index (χ0) is 29.1. The molecule has 3 aliphatic rings. The lowest BCUT2D eigenvalue weighted by Gasteiger charge is -2.39. The molecule has 1 aromatic heterocycles. The highest BCUT2D eigenvalue weighted by Gasteiger charge is 2.31. The SMILES string of the molecule is Cc1ccccc1N1CCN(c2cc(C3CC3)c(C(=O)NCCCN3CCCC3=O)cc2NC(=O)c2ccco2)CC1. The van der Waals surface area contributed by atoms with Crippen molar-refractivity contribution in [1.29, 1.82) is 0 Å². The number of carbonyl (C=O) groups is 3. The van der Waals surface area contributed by atoms with Crippen LogP contribution >= 0.6 is 0 Å². The van der Waals surface area contributed by atoms with Crippen molar-refractivity contribution in [3.8, 4) is 0 Å². The van der Waals surface area contributed by atoms with Gasteiger partial charge in [-0.2, -0.15) is 0 Å². The van der Waals surface area contributed by atoms with Gasteiger partial charge in [0.1, 0.15) is 0 Å². The summed E-state index contributed by atoms with van der Waals surface area (Å²) < 4.78 is 5.35. The van der Waals surface area contributed by atoms with Crippen molar-refractivity contribution in [3.05, 3.63) is 77.2 Å². The van der Waals surface area contributed by atoms with Gasteiger partial charge in [0.2, 0.25) is 5.91 Å². The summed E-state index contributed by atoms with van der Waals surface area (Å²) in [6.07, 6.45) is 5.82. The molecule has 42 heavy (non-hydrogen) atoms. The maximum absolute atomic E-state index is 13.5. The average Bonchev–Trinajstić information content (AvgIpc) is 3.53. The summed E-state index contributed by atoms with van der Waals surface area (Å²) in [7, 11) is 0. The van der Waals surface area contributed by atoms with Crippen molar-refractivity contribution < 1.29 is 18.8 Å². The minimum atomic E-state index is -0.347. The quantitative estimate of drug-likeness (QED) is 0.341. The lowest BCUT2D eigenvalue weighted by molar-refractivity contribution is -0.127. The van der Waals surface area contributed by atoms with Crippen LogP contribution in [0.1, 0.15) is 70.1 Å². The number of piperazine rings is 1. The fourth-order valence-corrected chi connectivity index (χ4v) is 6.10. The smallest absolute Gasteiger partial charge is 0.291 e. The molecule has 6 rings (SSSR count). The van der Waals surface area contributed by atoms with Crippen molar-refractivity contribution in [2.75, 3.05) is 60.9 Å². The molecule has 2 aromatic carbocycles. The van der Waals surface area contributed by atoms with E-state index in [4.69, 9.17) is 4.42 Å². The number of likely N-dealkylation sites (tertiary alicyclic amines) is 1. The normalized spacial score (nSPS) is 17.1. The summed E-state index contributed by atoms with van der Waals surface area (Å²) in [6.45, 7) is 7.40. The largest absolute Gasteiger partial charge is 0.459 e. The first-order chi connectivity index (χ1) is 20.5. The van der Waals surface area contributed by atoms with Gasteiger partial charge in [-0.15, -0.1) is 0 Å². The first kappa shape index (κ1) is 27.9. The Kier molecular flexibility index (Phi) is 8.17. The maximum atomic E-state index is 13.5. The van der Waals surface area contributed by atoms with Crippen molar-refractivity contribution in [2.45, 2.75) is 44.9 Å². The van der Waals surface area contributed by atoms with E-state index in [1.165, 1.54) is 17.5 Å². The standard InChI is InChI=1S/C33H39N5O4/c1-23-7-2-3-8-28(23)36-16-18-37(19-17-36)29-22-25(24-11-12-24)26(21-27(29)35-33(41)30-9-5-20-42-30)32(40)34-13-6-15-38-14-4-10-31(38)39/h2-3,5,7-9,20-22,24H,4,6,10-19H2,1H3,(H,34,40)(H,35,41). The molecule has 2 N–H and O–H groups in total. The maximum Gasteiger partial charge on any atom is 0.291 e. The van der Waals surface area contributed by atoms with Gasteiger partial charge in [-0.1, -0.05) is 18.2 Å². The van der Waals surface area contributed by atoms with E-state index in [9.17, 15) is 14.4 Å². The van der Waals surface area contributed by atoms with Gasteiger partial charge in [0, 0.05) is 63.5 Å². The van der Waals surface area contributed by atoms with Crippen molar-refractivity contribution >= 4 is 34.8 Å². The number of anilines is 3. The van der Waals surface area contributed by atoms with Crippen LogP contribution in [0.15, 0.2) is 59.2 Å². The number of aryl methyl sites for hydroxylation is 1. The number of rotatable bonds is 10. The third-order valence-electron chi connectivity index (χ3n) is 8.56. The number of nitrogens with zero attached hydrogens (tertiary/aromatic N) is 3. The average molecular weight is 570 g/mol. The van der Waals surface area contributed by atoms with E-state index in [0.717, 1.165) is 63.2 Å². The van der Waals surface area contributed by atoms with Crippen LogP contribution in [0.4, 0.5) is 17.1 Å². The van der Waals surface area contributed by atoms with Crippen LogP contribution < -0.4 is 20.4 Å². The number of hydrogen-bond donors (Lipinski definition) is 2. The third kappa shape index (κ3) is 6.15. The van der Waals surface area contributed by atoms with E-state index in [0.29, 0.717) is 43.1 Å². The molecule has 0 atom stereocenters. The molecule has 0 spiro atoms. The number of hydrogen-bond acceptors (Lipinski definition) is 6. The molecule has 9 heteroatoms. The van der Waals surface area contributed by atoms with Gasteiger partial charge in [0.05, 0.1) is 17.6 Å². The highest BCUT2D eigenvalue weighted by atomic mass is 16.3. The molecule has 0 unspecified atom stereocenters. The highest BCUT2D eigenvalue weighted by Crippen LogP contribution is 2.45. The predicted molar refractivity (Wildman–Crippen MR) is 163 cm³/mol. The molecule has 220 valence electrons. The number of benzene rings is 2. The summed E-state index contributed by atoms with van der Waals surface area (Å²) in [5, 5.41) is 6.11. The van der Waals surface area contributed by atoms with Gasteiger partial charge >= 0.3 is 0 Å². The molecule has 1 aliphatic carbocycles. The van der Waals surface area contributed by atoms with Crippen molar-refractivity contribution in [2.24, 2.45) is 0 Å². The Morgan fingerprint density at radius 2 is 1.69 bits per heavy atom. The van der Waals surface area contributed by atoms with E-state index in [1.54, 1.807) is 12.1 Å². The fourth-order valence-electron chi connectivity index (χ4n) is 6.10. The number of furan rings is 1. The van der Waals surface area contributed by atoms with Crippen LogP contribution in [0.25, 0.3) is 0 Å². The molecular weight excluding hydrogens is 530 g/mol. The number of amides is 3. The van der Waals surface area contributed by atoms with E-state index in [-0.39, 0.29) is 23.5 Å².